The van der Waals surface area contributed by atoms with Crippen molar-refractivity contribution in [1.29, 1.82) is 0 Å². The van der Waals surface area contributed by atoms with Crippen molar-refractivity contribution in [2.75, 3.05) is 40.0 Å². The minimum atomic E-state index is 0.278. The summed E-state index contributed by atoms with van der Waals surface area (Å²) >= 11 is 0. The van der Waals surface area contributed by atoms with Gasteiger partial charge in [0.25, 0.3) is 0 Å². The predicted octanol–water partition coefficient (Wildman–Crippen LogP) is 3.10. The summed E-state index contributed by atoms with van der Waals surface area (Å²) in [5.74, 6) is 1.63. The molecule has 128 valence electrons. The van der Waals surface area contributed by atoms with Gasteiger partial charge in [0.1, 0.15) is 12.4 Å². The van der Waals surface area contributed by atoms with Crippen LogP contribution in [0, 0.1) is 5.92 Å². The number of hydrogen-bond donors (Lipinski definition) is 0. The zero-order valence-corrected chi connectivity index (χ0v) is 14.2. The van der Waals surface area contributed by atoms with E-state index in [0.717, 1.165) is 44.9 Å². The van der Waals surface area contributed by atoms with Crippen molar-refractivity contribution in [3.8, 4) is 5.75 Å². The minimum Gasteiger partial charge on any atom is -0.491 e. The fraction of sp³-hybridized carbons (Fsp3) is 0.684. The normalized spacial score (nSPS) is 25.6. The fourth-order valence-electron chi connectivity index (χ4n) is 3.58. The van der Waals surface area contributed by atoms with Gasteiger partial charge in [-0.15, -0.1) is 0 Å². The van der Waals surface area contributed by atoms with Crippen molar-refractivity contribution < 1.29 is 14.2 Å². The van der Waals surface area contributed by atoms with E-state index in [1.54, 1.807) is 7.11 Å². The van der Waals surface area contributed by atoms with E-state index >= 15 is 0 Å². The topological polar surface area (TPSA) is 30.9 Å². The molecule has 4 nitrogen and oxygen atoms in total. The predicted molar refractivity (Wildman–Crippen MR) is 90.8 cm³/mol. The van der Waals surface area contributed by atoms with Crippen LogP contribution in [-0.4, -0.2) is 51.0 Å². The molecule has 23 heavy (non-hydrogen) atoms. The molecule has 2 atom stereocenters. The van der Waals surface area contributed by atoms with Crippen molar-refractivity contribution in [2.45, 2.75) is 38.3 Å². The van der Waals surface area contributed by atoms with Crippen molar-refractivity contribution in [3.63, 3.8) is 0 Å². The lowest BCUT2D eigenvalue weighted by Gasteiger charge is -2.32. The van der Waals surface area contributed by atoms with Gasteiger partial charge >= 0.3 is 0 Å². The summed E-state index contributed by atoms with van der Waals surface area (Å²) in [6.07, 6.45) is 5.13. The van der Waals surface area contributed by atoms with Crippen LogP contribution in [0.25, 0.3) is 0 Å². The molecule has 0 saturated carbocycles. The maximum Gasteiger partial charge on any atom is 0.119 e. The SMILES string of the molecule is COC[C@@H]1CCCN(Cc2ccc(OC[C@H]3CCCO3)cc2)C1. The van der Waals surface area contributed by atoms with Crippen LogP contribution in [0.1, 0.15) is 31.2 Å². The van der Waals surface area contributed by atoms with Crippen LogP contribution in [0.3, 0.4) is 0 Å². The third kappa shape index (κ3) is 5.20. The molecule has 1 aromatic rings. The maximum absolute atomic E-state index is 5.83. The van der Waals surface area contributed by atoms with Gasteiger partial charge in [0.2, 0.25) is 0 Å². The smallest absolute Gasteiger partial charge is 0.119 e. The van der Waals surface area contributed by atoms with Crippen molar-refractivity contribution in [3.05, 3.63) is 29.8 Å². The lowest BCUT2D eigenvalue weighted by molar-refractivity contribution is 0.0679. The summed E-state index contributed by atoms with van der Waals surface area (Å²) in [5, 5.41) is 0. The van der Waals surface area contributed by atoms with Gasteiger partial charge in [-0.3, -0.25) is 4.90 Å². The van der Waals surface area contributed by atoms with E-state index in [4.69, 9.17) is 14.2 Å². The molecule has 2 heterocycles. The molecule has 0 spiro atoms. The lowest BCUT2D eigenvalue weighted by atomic mass is 9.98. The number of piperidine rings is 1. The zero-order chi connectivity index (χ0) is 15.9. The molecule has 4 heteroatoms. The van der Waals surface area contributed by atoms with Gasteiger partial charge in [-0.05, 0) is 55.8 Å². The first kappa shape index (κ1) is 16.7. The molecule has 2 fully saturated rings. The zero-order valence-electron chi connectivity index (χ0n) is 14.2. The Labute approximate surface area is 139 Å². The molecular formula is C19H29NO3. The summed E-state index contributed by atoms with van der Waals surface area (Å²) < 4.78 is 16.7. The molecule has 2 saturated heterocycles. The van der Waals surface area contributed by atoms with Gasteiger partial charge in [-0.1, -0.05) is 12.1 Å². The number of benzene rings is 1. The van der Waals surface area contributed by atoms with Crippen LogP contribution in [0.4, 0.5) is 0 Å². The van der Waals surface area contributed by atoms with E-state index in [1.807, 2.05) is 0 Å². The average molecular weight is 319 g/mol. The molecule has 0 bridgehead atoms. The molecule has 0 amide bonds. The largest absolute Gasteiger partial charge is 0.491 e. The molecule has 0 N–H and O–H groups in total. The highest BCUT2D eigenvalue weighted by atomic mass is 16.5. The van der Waals surface area contributed by atoms with Gasteiger partial charge < -0.3 is 14.2 Å². The second-order valence-corrected chi connectivity index (χ2v) is 6.79. The summed E-state index contributed by atoms with van der Waals surface area (Å²) in [7, 11) is 1.80. The monoisotopic (exact) mass is 319 g/mol. The van der Waals surface area contributed by atoms with E-state index in [0.29, 0.717) is 12.5 Å². The Bertz CT molecular complexity index is 454. The lowest BCUT2D eigenvalue weighted by Crippen LogP contribution is -2.36. The van der Waals surface area contributed by atoms with Gasteiger partial charge in [-0.2, -0.15) is 0 Å². The average Bonchev–Trinajstić information content (AvgIpc) is 3.08. The first-order valence-corrected chi connectivity index (χ1v) is 8.88. The number of nitrogens with zero attached hydrogens (tertiary/aromatic N) is 1. The van der Waals surface area contributed by atoms with Crippen molar-refractivity contribution in [2.24, 2.45) is 5.92 Å². The summed E-state index contributed by atoms with van der Waals surface area (Å²) in [4.78, 5) is 2.54. The molecule has 0 radical (unpaired) electrons. The van der Waals surface area contributed by atoms with E-state index in [-0.39, 0.29) is 6.10 Å². The van der Waals surface area contributed by atoms with Crippen LogP contribution >= 0.6 is 0 Å². The Morgan fingerprint density at radius 2 is 2.00 bits per heavy atom. The minimum absolute atomic E-state index is 0.278. The molecular weight excluding hydrogens is 290 g/mol. The first-order chi connectivity index (χ1) is 11.3. The molecule has 3 rings (SSSR count). The Balaban J connectivity index is 1.45. The molecule has 2 aliphatic rings. The van der Waals surface area contributed by atoms with E-state index < -0.39 is 0 Å². The third-order valence-corrected chi connectivity index (χ3v) is 4.79. The third-order valence-electron chi connectivity index (χ3n) is 4.79. The van der Waals surface area contributed by atoms with Crippen LogP contribution in [0.5, 0.6) is 5.75 Å². The van der Waals surface area contributed by atoms with Crippen molar-refractivity contribution in [1.82, 2.24) is 4.90 Å². The van der Waals surface area contributed by atoms with Crippen LogP contribution < -0.4 is 4.74 Å². The number of ether oxygens (including phenoxy) is 3. The Morgan fingerprint density at radius 3 is 2.74 bits per heavy atom. The Hall–Kier alpha value is -1.10. The standard InChI is InChI=1S/C19H29NO3/c1-21-14-17-4-2-10-20(13-17)12-16-6-8-18(9-7-16)23-15-19-5-3-11-22-19/h6-9,17,19H,2-5,10-15H2,1H3/t17-,19-/m1/s1. The summed E-state index contributed by atoms with van der Waals surface area (Å²) in [6.45, 7) is 5.79. The second-order valence-electron chi connectivity index (χ2n) is 6.79. The number of hydrogen-bond acceptors (Lipinski definition) is 4. The first-order valence-electron chi connectivity index (χ1n) is 8.88. The molecule has 0 aromatic heterocycles. The summed E-state index contributed by atoms with van der Waals surface area (Å²) in [6, 6.07) is 8.54. The van der Waals surface area contributed by atoms with Gasteiger partial charge in [0.15, 0.2) is 0 Å². The highest BCUT2D eigenvalue weighted by Gasteiger charge is 2.20. The van der Waals surface area contributed by atoms with Crippen LogP contribution in [0.2, 0.25) is 0 Å². The van der Waals surface area contributed by atoms with E-state index in [1.165, 1.54) is 24.9 Å². The maximum atomic E-state index is 5.83. The van der Waals surface area contributed by atoms with E-state index in [2.05, 4.69) is 29.2 Å². The highest BCUT2D eigenvalue weighted by molar-refractivity contribution is 5.27. The number of rotatable bonds is 7. The van der Waals surface area contributed by atoms with E-state index in [9.17, 15) is 0 Å². The van der Waals surface area contributed by atoms with Gasteiger partial charge in [-0.25, -0.2) is 0 Å². The quantitative estimate of drug-likeness (QED) is 0.773. The molecule has 0 aliphatic carbocycles. The number of methoxy groups -OCH3 is 1. The number of likely N-dealkylation sites (tertiary alicyclic amines) is 1. The van der Waals surface area contributed by atoms with Crippen LogP contribution in [0.15, 0.2) is 24.3 Å². The Morgan fingerprint density at radius 1 is 1.13 bits per heavy atom. The highest BCUT2D eigenvalue weighted by Crippen LogP contribution is 2.21. The molecule has 2 aliphatic heterocycles. The second kappa shape index (κ2) is 8.67. The van der Waals surface area contributed by atoms with Crippen LogP contribution in [-0.2, 0) is 16.0 Å². The van der Waals surface area contributed by atoms with Crippen molar-refractivity contribution >= 4 is 0 Å². The molecule has 0 unspecified atom stereocenters. The molecule has 1 aromatic carbocycles. The van der Waals surface area contributed by atoms with Gasteiger partial charge in [0, 0.05) is 26.8 Å². The van der Waals surface area contributed by atoms with Gasteiger partial charge in [0.05, 0.1) is 12.7 Å². The fourth-order valence-corrected chi connectivity index (χ4v) is 3.58. The Kier molecular flexibility index (Phi) is 6.31. The summed E-state index contributed by atoms with van der Waals surface area (Å²) in [5.41, 5.74) is 1.35.